The first-order valence-corrected chi connectivity index (χ1v) is 4.69. The van der Waals surface area contributed by atoms with E-state index < -0.39 is 0 Å². The Hall–Kier alpha value is -1.06. The number of aryl methyl sites for hydroxylation is 1. The molecule has 0 heterocycles. The number of carbonyl (C=O) groups is 1. The number of rotatable bonds is 1. The molecule has 0 saturated heterocycles. The third kappa shape index (κ3) is 2.13. The first-order chi connectivity index (χ1) is 6.72. The fraction of sp³-hybridized carbons (Fsp3) is 0.364. The summed E-state index contributed by atoms with van der Waals surface area (Å²) >= 11 is 0. The number of ether oxygens (including phenoxy) is 1. The Morgan fingerprint density at radius 2 is 2.20 bits per heavy atom. The van der Waals surface area contributed by atoms with E-state index in [0.717, 1.165) is 24.0 Å². The van der Waals surface area contributed by atoms with Gasteiger partial charge in [-0.1, -0.05) is 6.07 Å². The minimum atomic E-state index is -0.338. The van der Waals surface area contributed by atoms with Crippen molar-refractivity contribution in [3.8, 4) is 5.75 Å². The Kier molecular flexibility index (Phi) is 3.72. The summed E-state index contributed by atoms with van der Waals surface area (Å²) in [6.07, 6.45) is 1.63. The largest absolute Gasteiger partial charge is 0.497 e. The highest BCUT2D eigenvalue weighted by atomic mass is 35.5. The van der Waals surface area contributed by atoms with Crippen molar-refractivity contribution < 1.29 is 9.53 Å². The summed E-state index contributed by atoms with van der Waals surface area (Å²) in [5.41, 5.74) is 7.50. The molecule has 2 N–H and O–H groups in total. The predicted molar refractivity (Wildman–Crippen MR) is 60.9 cm³/mol. The van der Waals surface area contributed by atoms with Gasteiger partial charge in [-0.25, -0.2) is 0 Å². The van der Waals surface area contributed by atoms with Crippen LogP contribution in [0.25, 0.3) is 0 Å². The van der Waals surface area contributed by atoms with Crippen LogP contribution in [-0.4, -0.2) is 18.9 Å². The molecule has 4 heteroatoms. The van der Waals surface area contributed by atoms with E-state index in [9.17, 15) is 4.79 Å². The van der Waals surface area contributed by atoms with Crippen molar-refractivity contribution >= 4 is 18.2 Å². The third-order valence-corrected chi connectivity index (χ3v) is 2.64. The van der Waals surface area contributed by atoms with E-state index in [2.05, 4.69) is 0 Å². The molecule has 1 aromatic rings. The van der Waals surface area contributed by atoms with Crippen molar-refractivity contribution in [2.24, 2.45) is 5.73 Å². The van der Waals surface area contributed by atoms with Crippen LogP contribution >= 0.6 is 12.4 Å². The van der Waals surface area contributed by atoms with E-state index >= 15 is 0 Å². The summed E-state index contributed by atoms with van der Waals surface area (Å²) in [7, 11) is 1.59. The van der Waals surface area contributed by atoms with Gasteiger partial charge in [0.1, 0.15) is 5.75 Å². The van der Waals surface area contributed by atoms with Gasteiger partial charge in [-0.2, -0.15) is 0 Å². The standard InChI is InChI=1S/C11H13NO2.ClH/c1-14-8-4-2-7-3-5-10(12)11(13)9(7)6-8;/h2,4,6,10H,3,5,12H2,1H3;1H. The molecule has 0 amide bonds. The van der Waals surface area contributed by atoms with Crippen LogP contribution in [0.2, 0.25) is 0 Å². The summed E-state index contributed by atoms with van der Waals surface area (Å²) < 4.78 is 5.07. The van der Waals surface area contributed by atoms with Crippen molar-refractivity contribution in [1.29, 1.82) is 0 Å². The zero-order valence-electron chi connectivity index (χ0n) is 8.53. The second kappa shape index (κ2) is 4.64. The molecule has 2 rings (SSSR count). The second-order valence-corrected chi connectivity index (χ2v) is 3.53. The second-order valence-electron chi connectivity index (χ2n) is 3.53. The highest BCUT2D eigenvalue weighted by Crippen LogP contribution is 2.24. The smallest absolute Gasteiger partial charge is 0.179 e. The molecule has 1 aliphatic carbocycles. The van der Waals surface area contributed by atoms with Gasteiger partial charge >= 0.3 is 0 Å². The number of nitrogens with two attached hydrogens (primary N) is 1. The summed E-state index contributed by atoms with van der Waals surface area (Å²) in [6, 6.07) is 5.26. The Morgan fingerprint density at radius 3 is 2.87 bits per heavy atom. The average molecular weight is 228 g/mol. The fourth-order valence-corrected chi connectivity index (χ4v) is 1.77. The van der Waals surface area contributed by atoms with E-state index in [1.165, 1.54) is 0 Å². The summed E-state index contributed by atoms with van der Waals surface area (Å²) in [4.78, 5) is 11.7. The van der Waals surface area contributed by atoms with Crippen LogP contribution in [0, 0.1) is 0 Å². The minimum Gasteiger partial charge on any atom is -0.497 e. The van der Waals surface area contributed by atoms with Gasteiger partial charge in [-0.05, 0) is 30.5 Å². The van der Waals surface area contributed by atoms with Gasteiger partial charge in [0.2, 0.25) is 0 Å². The molecule has 0 saturated carbocycles. The van der Waals surface area contributed by atoms with Crippen molar-refractivity contribution in [2.45, 2.75) is 18.9 Å². The monoisotopic (exact) mass is 227 g/mol. The molecule has 0 fully saturated rings. The van der Waals surface area contributed by atoms with Crippen molar-refractivity contribution in [1.82, 2.24) is 0 Å². The van der Waals surface area contributed by atoms with E-state index in [0.29, 0.717) is 5.75 Å². The first-order valence-electron chi connectivity index (χ1n) is 4.69. The summed E-state index contributed by atoms with van der Waals surface area (Å²) in [6.45, 7) is 0. The molecule has 15 heavy (non-hydrogen) atoms. The lowest BCUT2D eigenvalue weighted by Gasteiger charge is -2.20. The fourth-order valence-electron chi connectivity index (χ4n) is 1.77. The lowest BCUT2D eigenvalue weighted by molar-refractivity contribution is 0.0948. The van der Waals surface area contributed by atoms with Gasteiger partial charge in [0.25, 0.3) is 0 Å². The number of benzene rings is 1. The zero-order valence-corrected chi connectivity index (χ0v) is 9.34. The SMILES string of the molecule is COc1ccc2c(c1)C(=O)C(N)CC2.Cl. The highest BCUT2D eigenvalue weighted by molar-refractivity contribution is 6.02. The molecular weight excluding hydrogens is 214 g/mol. The normalized spacial score (nSPS) is 19.1. The average Bonchev–Trinajstić information content (AvgIpc) is 2.23. The van der Waals surface area contributed by atoms with E-state index in [1.54, 1.807) is 13.2 Å². The molecule has 3 nitrogen and oxygen atoms in total. The number of methoxy groups -OCH3 is 1. The molecule has 1 atom stereocenters. The number of fused-ring (bicyclic) bond motifs is 1. The maximum Gasteiger partial charge on any atom is 0.179 e. The Balaban J connectivity index is 0.00000112. The van der Waals surface area contributed by atoms with Gasteiger partial charge in [-0.15, -0.1) is 12.4 Å². The minimum absolute atomic E-state index is 0. The van der Waals surface area contributed by atoms with Crippen LogP contribution in [0.5, 0.6) is 5.75 Å². The molecule has 82 valence electrons. The summed E-state index contributed by atoms with van der Waals surface area (Å²) in [5, 5.41) is 0. The first kappa shape index (κ1) is 12.0. The molecule has 0 aromatic heterocycles. The van der Waals surface area contributed by atoms with Crippen LogP contribution in [0.15, 0.2) is 18.2 Å². The van der Waals surface area contributed by atoms with E-state index in [4.69, 9.17) is 10.5 Å². The van der Waals surface area contributed by atoms with Gasteiger partial charge in [0, 0.05) is 5.56 Å². The molecule has 1 aromatic carbocycles. The van der Waals surface area contributed by atoms with Crippen LogP contribution in [0.1, 0.15) is 22.3 Å². The molecule has 0 bridgehead atoms. The lowest BCUT2D eigenvalue weighted by atomic mass is 9.87. The van der Waals surface area contributed by atoms with Crippen LogP contribution < -0.4 is 10.5 Å². The van der Waals surface area contributed by atoms with E-state index in [-0.39, 0.29) is 24.2 Å². The molecule has 1 unspecified atom stereocenters. The maximum atomic E-state index is 11.7. The third-order valence-electron chi connectivity index (χ3n) is 2.64. The Morgan fingerprint density at radius 1 is 1.47 bits per heavy atom. The molecule has 0 aliphatic heterocycles. The number of hydrogen-bond acceptors (Lipinski definition) is 3. The summed E-state index contributed by atoms with van der Waals surface area (Å²) in [5.74, 6) is 0.747. The Labute approximate surface area is 95.0 Å². The van der Waals surface area contributed by atoms with Gasteiger partial charge in [0.05, 0.1) is 13.2 Å². The highest BCUT2D eigenvalue weighted by Gasteiger charge is 2.24. The molecule has 1 aliphatic rings. The number of Topliss-reactive ketones (excluding diaryl/α,β-unsaturated/α-hetero) is 1. The van der Waals surface area contributed by atoms with Crippen LogP contribution in [-0.2, 0) is 6.42 Å². The van der Waals surface area contributed by atoms with Crippen LogP contribution in [0.3, 0.4) is 0 Å². The molecular formula is C11H14ClNO2. The number of carbonyl (C=O) groups excluding carboxylic acids is 1. The Bertz CT molecular complexity index is 379. The van der Waals surface area contributed by atoms with Gasteiger partial charge in [-0.3, -0.25) is 4.79 Å². The predicted octanol–water partition coefficient (Wildman–Crippen LogP) is 1.57. The molecule has 0 radical (unpaired) electrons. The maximum absolute atomic E-state index is 11.7. The quantitative estimate of drug-likeness (QED) is 0.793. The topological polar surface area (TPSA) is 52.3 Å². The number of hydrogen-bond donors (Lipinski definition) is 1. The van der Waals surface area contributed by atoms with Crippen molar-refractivity contribution in [3.63, 3.8) is 0 Å². The van der Waals surface area contributed by atoms with Crippen molar-refractivity contribution in [3.05, 3.63) is 29.3 Å². The van der Waals surface area contributed by atoms with E-state index in [1.807, 2.05) is 12.1 Å². The van der Waals surface area contributed by atoms with Gasteiger partial charge in [0.15, 0.2) is 5.78 Å². The van der Waals surface area contributed by atoms with Crippen molar-refractivity contribution in [2.75, 3.05) is 7.11 Å². The van der Waals surface area contributed by atoms with Gasteiger partial charge < -0.3 is 10.5 Å². The van der Waals surface area contributed by atoms with Crippen LogP contribution in [0.4, 0.5) is 0 Å². The zero-order chi connectivity index (χ0) is 10.1. The number of halogens is 1. The lowest BCUT2D eigenvalue weighted by Crippen LogP contribution is -2.35. The number of ketones is 1. The molecule has 0 spiro atoms.